The van der Waals surface area contributed by atoms with Crippen molar-refractivity contribution in [1.82, 2.24) is 30.0 Å². The molecule has 10 nitrogen and oxygen atoms in total. The fraction of sp³-hybridized carbons (Fsp3) is 0.438. The summed E-state index contributed by atoms with van der Waals surface area (Å²) in [7, 11) is 0. The molecular weight excluding hydrogens is 602 g/mol. The van der Waals surface area contributed by atoms with E-state index < -0.39 is 11.5 Å². The number of nitrogen functional groups attached to an aromatic ring is 1. The Morgan fingerprint density at radius 3 is 2.76 bits per heavy atom. The maximum atomic E-state index is 16.9. The van der Waals surface area contributed by atoms with Crippen molar-refractivity contribution >= 4 is 50.9 Å². The number of amides is 1. The fourth-order valence-corrected chi connectivity index (χ4v) is 6.84. The highest BCUT2D eigenvalue weighted by Crippen LogP contribution is 2.44. The van der Waals surface area contributed by atoms with E-state index >= 15 is 4.39 Å². The van der Waals surface area contributed by atoms with E-state index in [0.29, 0.717) is 66.8 Å². The van der Waals surface area contributed by atoms with Gasteiger partial charge in [0, 0.05) is 61.3 Å². The van der Waals surface area contributed by atoms with Crippen molar-refractivity contribution in [3.63, 3.8) is 0 Å². The monoisotopic (exact) mass is 638 g/mol. The number of piperazine rings is 1. The summed E-state index contributed by atoms with van der Waals surface area (Å²) in [4.78, 5) is 27.6. The van der Waals surface area contributed by atoms with Crippen molar-refractivity contribution in [2.24, 2.45) is 0 Å². The van der Waals surface area contributed by atoms with Crippen molar-refractivity contribution in [2.45, 2.75) is 51.9 Å². The zero-order valence-electron chi connectivity index (χ0n) is 25.8. The van der Waals surface area contributed by atoms with Gasteiger partial charge in [0.05, 0.1) is 15.9 Å². The number of aromatic amines is 1. The number of nitrogens with one attached hydrogen (secondary N) is 1. The molecule has 238 valence electrons. The molecule has 2 aromatic heterocycles. The van der Waals surface area contributed by atoms with Crippen LogP contribution in [-0.4, -0.2) is 93.0 Å². The third-order valence-corrected chi connectivity index (χ3v) is 9.21. The van der Waals surface area contributed by atoms with Gasteiger partial charge >= 0.3 is 6.01 Å². The maximum absolute atomic E-state index is 16.9. The van der Waals surface area contributed by atoms with Gasteiger partial charge < -0.3 is 20.3 Å². The number of aromatic nitrogens is 4. The number of hydrogen-bond donors (Lipinski definition) is 2. The van der Waals surface area contributed by atoms with E-state index in [-0.39, 0.29) is 52.5 Å². The van der Waals surface area contributed by atoms with Crippen LogP contribution >= 0.6 is 11.6 Å². The lowest BCUT2D eigenvalue weighted by Crippen LogP contribution is -2.58. The highest BCUT2D eigenvalue weighted by Gasteiger charge is 2.35. The number of benzene rings is 2. The SMILES string of the molecule is C=CC(=O)N1C[C@H](C)N(c2nc(OCCN3CCC(C)(F)C3)nc3c(F)c(-c4c(C)ccc5[nH]nc(N)c45)c(Cl)cc23)C[C@H]1C. The van der Waals surface area contributed by atoms with Gasteiger partial charge in [0.15, 0.2) is 11.6 Å². The summed E-state index contributed by atoms with van der Waals surface area (Å²) in [5.74, 6) is -0.120. The van der Waals surface area contributed by atoms with Crippen LogP contribution in [0.4, 0.5) is 20.4 Å². The predicted octanol–water partition coefficient (Wildman–Crippen LogP) is 5.28. The van der Waals surface area contributed by atoms with Gasteiger partial charge in [0.25, 0.3) is 0 Å². The summed E-state index contributed by atoms with van der Waals surface area (Å²) in [6.07, 6.45) is 1.77. The van der Waals surface area contributed by atoms with Gasteiger partial charge in [0.1, 0.15) is 23.6 Å². The Balaban J connectivity index is 1.46. The molecule has 0 bridgehead atoms. The molecule has 1 unspecified atom stereocenters. The van der Waals surface area contributed by atoms with Gasteiger partial charge in [0.2, 0.25) is 5.91 Å². The maximum Gasteiger partial charge on any atom is 0.319 e. The molecule has 4 heterocycles. The third kappa shape index (κ3) is 5.65. The quantitative estimate of drug-likeness (QED) is 0.263. The lowest BCUT2D eigenvalue weighted by molar-refractivity contribution is -0.128. The number of nitrogens with zero attached hydrogens (tertiary/aromatic N) is 6. The van der Waals surface area contributed by atoms with Crippen LogP contribution in [-0.2, 0) is 4.79 Å². The molecule has 0 saturated carbocycles. The summed E-state index contributed by atoms with van der Waals surface area (Å²) in [6.45, 7) is 13.5. The number of aryl methyl sites for hydroxylation is 1. The van der Waals surface area contributed by atoms with Crippen molar-refractivity contribution < 1.29 is 18.3 Å². The van der Waals surface area contributed by atoms with E-state index in [0.717, 1.165) is 5.56 Å². The van der Waals surface area contributed by atoms with Crippen LogP contribution in [0, 0.1) is 12.7 Å². The van der Waals surface area contributed by atoms with Crippen LogP contribution < -0.4 is 15.4 Å². The van der Waals surface area contributed by atoms with Crippen LogP contribution in [0.25, 0.3) is 32.9 Å². The average Bonchev–Trinajstić information content (AvgIpc) is 3.55. The molecule has 0 spiro atoms. The van der Waals surface area contributed by atoms with Crippen molar-refractivity contribution in [1.29, 1.82) is 0 Å². The molecule has 3 atom stereocenters. The first-order valence-electron chi connectivity index (χ1n) is 15.1. The van der Waals surface area contributed by atoms with E-state index in [1.165, 1.54) is 6.08 Å². The van der Waals surface area contributed by atoms with Crippen molar-refractivity contribution in [3.8, 4) is 17.1 Å². The molecule has 2 saturated heterocycles. The molecule has 1 amide bonds. The Bertz CT molecular complexity index is 1810. The minimum absolute atomic E-state index is 0.00548. The molecule has 3 N–H and O–H groups in total. The zero-order valence-corrected chi connectivity index (χ0v) is 26.6. The van der Waals surface area contributed by atoms with Crippen molar-refractivity contribution in [2.75, 3.05) is 50.0 Å². The van der Waals surface area contributed by atoms with Gasteiger partial charge in [-0.15, -0.1) is 0 Å². The summed E-state index contributed by atoms with van der Waals surface area (Å²) in [5, 5.41) is 8.15. The smallest absolute Gasteiger partial charge is 0.319 e. The van der Waals surface area contributed by atoms with E-state index in [4.69, 9.17) is 27.1 Å². The van der Waals surface area contributed by atoms with E-state index in [1.807, 2.05) is 42.7 Å². The molecule has 6 rings (SSSR count). The second-order valence-electron chi connectivity index (χ2n) is 12.4. The summed E-state index contributed by atoms with van der Waals surface area (Å²) in [5.41, 5.74) is 7.11. The molecule has 0 radical (unpaired) electrons. The van der Waals surface area contributed by atoms with E-state index in [2.05, 4.69) is 21.8 Å². The Kier molecular flexibility index (Phi) is 8.07. The minimum atomic E-state index is -1.23. The predicted molar refractivity (Wildman–Crippen MR) is 173 cm³/mol. The first kappa shape index (κ1) is 31.0. The highest BCUT2D eigenvalue weighted by molar-refractivity contribution is 6.35. The largest absolute Gasteiger partial charge is 0.462 e. The molecule has 2 aliphatic rings. The number of carbonyl (C=O) groups excluding carboxylic acids is 1. The number of carbonyl (C=O) groups is 1. The lowest BCUT2D eigenvalue weighted by atomic mass is 9.94. The van der Waals surface area contributed by atoms with Gasteiger partial charge in [-0.25, -0.2) is 8.78 Å². The molecule has 2 aliphatic heterocycles. The van der Waals surface area contributed by atoms with Gasteiger partial charge in [-0.05, 0) is 57.9 Å². The molecule has 13 heteroatoms. The average molecular weight is 639 g/mol. The lowest BCUT2D eigenvalue weighted by Gasteiger charge is -2.44. The Morgan fingerprint density at radius 2 is 2.04 bits per heavy atom. The second kappa shape index (κ2) is 11.7. The third-order valence-electron chi connectivity index (χ3n) is 8.92. The summed E-state index contributed by atoms with van der Waals surface area (Å²) < 4.78 is 37.3. The van der Waals surface area contributed by atoms with E-state index in [9.17, 15) is 9.18 Å². The second-order valence-corrected chi connectivity index (χ2v) is 12.8. The van der Waals surface area contributed by atoms with Crippen molar-refractivity contribution in [3.05, 3.63) is 47.3 Å². The summed E-state index contributed by atoms with van der Waals surface area (Å²) >= 11 is 6.90. The van der Waals surface area contributed by atoms with Crippen LogP contribution in [0.2, 0.25) is 5.02 Å². The van der Waals surface area contributed by atoms with Crippen LogP contribution in [0.5, 0.6) is 6.01 Å². The Morgan fingerprint density at radius 1 is 1.27 bits per heavy atom. The van der Waals surface area contributed by atoms with Crippen LogP contribution in [0.15, 0.2) is 30.9 Å². The summed E-state index contributed by atoms with van der Waals surface area (Å²) in [6, 6.07) is 5.01. The number of ether oxygens (including phenoxy) is 1. The van der Waals surface area contributed by atoms with Gasteiger partial charge in [-0.2, -0.15) is 15.1 Å². The molecular formula is C32H37ClF2N8O2. The van der Waals surface area contributed by atoms with Crippen LogP contribution in [0.1, 0.15) is 32.8 Å². The Labute approximate surface area is 265 Å². The first-order chi connectivity index (χ1) is 21.4. The molecule has 45 heavy (non-hydrogen) atoms. The van der Waals surface area contributed by atoms with Crippen LogP contribution in [0.3, 0.4) is 0 Å². The number of halogens is 3. The number of alkyl halides is 1. The number of nitrogens with two attached hydrogens (primary N) is 1. The highest BCUT2D eigenvalue weighted by atomic mass is 35.5. The number of hydrogen-bond acceptors (Lipinski definition) is 8. The number of rotatable bonds is 7. The molecule has 2 aromatic carbocycles. The van der Waals surface area contributed by atoms with E-state index in [1.54, 1.807) is 17.9 Å². The zero-order chi connectivity index (χ0) is 32.2. The first-order valence-corrected chi connectivity index (χ1v) is 15.4. The van der Waals surface area contributed by atoms with Gasteiger partial charge in [-0.1, -0.05) is 24.2 Å². The standard InChI is InChI=1S/C32H37ClF2N8O2/c1-6-23(44)42-14-19(4)43(15-18(42)3)30-20-13-21(33)25(24-17(2)7-8-22-26(24)29(36)40-39-22)27(34)28(20)37-31(38-30)45-12-11-41-10-9-32(5,35)16-41/h6-8,13,18-19H,1,9-12,14-16H2,2-5H3,(H3,36,39,40)/t18-,19+,32?/m1/s1. The topological polar surface area (TPSA) is 116 Å². The number of fused-ring (bicyclic) bond motifs is 2. The molecule has 4 aromatic rings. The Hall–Kier alpha value is -4.03. The minimum Gasteiger partial charge on any atom is -0.462 e. The normalized spacial score (nSPS) is 22.5. The number of H-pyrrole nitrogens is 1. The number of anilines is 2. The molecule has 0 aliphatic carbocycles. The fourth-order valence-electron chi connectivity index (χ4n) is 6.56. The molecule has 2 fully saturated rings. The van der Waals surface area contributed by atoms with Gasteiger partial charge in [-0.3, -0.25) is 14.8 Å². The number of likely N-dealkylation sites (tertiary alicyclic amines) is 1.